The van der Waals surface area contributed by atoms with Gasteiger partial charge in [0.2, 0.25) is 5.91 Å². The third kappa shape index (κ3) is 4.01. The van der Waals surface area contributed by atoms with Crippen LogP contribution in [0.25, 0.3) is 10.2 Å². The molecule has 27 heavy (non-hydrogen) atoms. The molecule has 0 spiro atoms. The first-order chi connectivity index (χ1) is 13.2. The number of aromatic nitrogens is 2. The second-order valence-electron chi connectivity index (χ2n) is 6.82. The normalized spacial score (nSPS) is 15.1. The highest BCUT2D eigenvalue weighted by molar-refractivity contribution is 7.22. The number of pyridine rings is 1. The van der Waals surface area contributed by atoms with Gasteiger partial charge < -0.3 is 4.74 Å². The number of fused-ring (bicyclic) bond motifs is 1. The number of hydrogen-bond acceptors (Lipinski definition) is 5. The first kappa shape index (κ1) is 18.1. The zero-order chi connectivity index (χ0) is 18.6. The molecular weight excluding hydrogens is 358 g/mol. The van der Waals surface area contributed by atoms with Gasteiger partial charge in [0, 0.05) is 31.5 Å². The number of nitrogens with zero attached hydrogens (tertiary/aromatic N) is 3. The lowest BCUT2D eigenvalue weighted by molar-refractivity contribution is -0.125. The number of hydrogen-bond donors (Lipinski definition) is 0. The first-order valence-electron chi connectivity index (χ1n) is 9.42. The van der Waals surface area contributed by atoms with Crippen LogP contribution in [0.1, 0.15) is 30.9 Å². The summed E-state index contributed by atoms with van der Waals surface area (Å²) in [5.74, 6) is 0.130. The number of aryl methyl sites for hydroxylation is 1. The molecule has 1 saturated heterocycles. The monoisotopic (exact) mass is 381 g/mol. The van der Waals surface area contributed by atoms with Crippen molar-refractivity contribution < 1.29 is 9.53 Å². The Morgan fingerprint density at radius 1 is 1.26 bits per heavy atom. The Labute approximate surface area is 163 Å². The standard InChI is InChI=1S/C21H23N3O2S/c1-2-15-5-6-18-19(12-15)27-21(23-18)24(14-16-4-3-9-22-13-16)20(25)17-7-10-26-11-8-17/h3-6,9,12-13,17H,2,7-8,10-11,14H2,1H3. The molecule has 2 aromatic heterocycles. The summed E-state index contributed by atoms with van der Waals surface area (Å²) in [5, 5.41) is 0.763. The number of ether oxygens (including phenoxy) is 1. The Bertz CT molecular complexity index is 920. The van der Waals surface area contributed by atoms with E-state index in [2.05, 4.69) is 30.1 Å². The summed E-state index contributed by atoms with van der Waals surface area (Å²) in [4.78, 5) is 24.1. The summed E-state index contributed by atoms with van der Waals surface area (Å²) in [7, 11) is 0. The number of benzene rings is 1. The fraction of sp³-hybridized carbons (Fsp3) is 0.381. The van der Waals surface area contributed by atoms with Gasteiger partial charge >= 0.3 is 0 Å². The maximum Gasteiger partial charge on any atom is 0.232 e. The summed E-state index contributed by atoms with van der Waals surface area (Å²) in [6.07, 6.45) is 6.09. The van der Waals surface area contributed by atoms with Crippen molar-refractivity contribution in [2.75, 3.05) is 18.1 Å². The highest BCUT2D eigenvalue weighted by Gasteiger charge is 2.29. The summed E-state index contributed by atoms with van der Waals surface area (Å²) in [6, 6.07) is 10.2. The zero-order valence-corrected chi connectivity index (χ0v) is 16.2. The molecule has 0 atom stereocenters. The summed E-state index contributed by atoms with van der Waals surface area (Å²) < 4.78 is 6.56. The van der Waals surface area contributed by atoms with Gasteiger partial charge in [-0.15, -0.1) is 0 Å². The van der Waals surface area contributed by atoms with Gasteiger partial charge in [0.05, 0.1) is 16.8 Å². The fourth-order valence-electron chi connectivity index (χ4n) is 3.37. The molecule has 6 heteroatoms. The van der Waals surface area contributed by atoms with E-state index in [0.29, 0.717) is 19.8 Å². The summed E-state index contributed by atoms with van der Waals surface area (Å²) in [6.45, 7) is 3.94. The third-order valence-corrected chi connectivity index (χ3v) is 6.02. The lowest BCUT2D eigenvalue weighted by Gasteiger charge is -2.27. The number of amides is 1. The second-order valence-corrected chi connectivity index (χ2v) is 7.83. The number of carbonyl (C=O) groups excluding carboxylic acids is 1. The summed E-state index contributed by atoms with van der Waals surface area (Å²) in [5.41, 5.74) is 3.24. The average Bonchev–Trinajstić information content (AvgIpc) is 3.15. The molecule has 1 fully saturated rings. The second kappa shape index (κ2) is 8.15. The van der Waals surface area contributed by atoms with Crippen LogP contribution in [0.5, 0.6) is 0 Å². The van der Waals surface area contributed by atoms with Crippen molar-refractivity contribution in [2.24, 2.45) is 5.92 Å². The van der Waals surface area contributed by atoms with Crippen molar-refractivity contribution in [3.8, 4) is 0 Å². The Kier molecular flexibility index (Phi) is 5.45. The Hall–Kier alpha value is -2.31. The van der Waals surface area contributed by atoms with E-state index < -0.39 is 0 Å². The molecule has 1 aromatic carbocycles. The molecule has 4 rings (SSSR count). The molecular formula is C21H23N3O2S. The molecule has 0 saturated carbocycles. The van der Waals surface area contributed by atoms with E-state index in [1.165, 1.54) is 5.56 Å². The molecule has 1 aliphatic heterocycles. The molecule has 1 aliphatic rings. The maximum atomic E-state index is 13.3. The number of rotatable bonds is 5. The van der Waals surface area contributed by atoms with Crippen molar-refractivity contribution in [1.82, 2.24) is 9.97 Å². The van der Waals surface area contributed by atoms with Gasteiger partial charge in [0.25, 0.3) is 0 Å². The van der Waals surface area contributed by atoms with E-state index in [-0.39, 0.29) is 11.8 Å². The first-order valence-corrected chi connectivity index (χ1v) is 10.2. The molecule has 5 nitrogen and oxygen atoms in total. The van der Waals surface area contributed by atoms with Crippen molar-refractivity contribution in [1.29, 1.82) is 0 Å². The molecule has 3 aromatic rings. The van der Waals surface area contributed by atoms with E-state index in [1.54, 1.807) is 17.5 Å². The van der Waals surface area contributed by atoms with Crippen LogP contribution in [0.3, 0.4) is 0 Å². The van der Waals surface area contributed by atoms with E-state index >= 15 is 0 Å². The molecule has 1 amide bonds. The molecule has 0 aliphatic carbocycles. The molecule has 140 valence electrons. The van der Waals surface area contributed by atoms with Crippen LogP contribution < -0.4 is 4.90 Å². The highest BCUT2D eigenvalue weighted by atomic mass is 32.1. The minimum absolute atomic E-state index is 0.00589. The van der Waals surface area contributed by atoms with Crippen molar-refractivity contribution in [3.05, 3.63) is 53.9 Å². The summed E-state index contributed by atoms with van der Waals surface area (Å²) >= 11 is 1.59. The average molecular weight is 382 g/mol. The van der Waals surface area contributed by atoms with Crippen molar-refractivity contribution in [2.45, 2.75) is 32.7 Å². The minimum atomic E-state index is -0.00589. The SMILES string of the molecule is CCc1ccc2nc(N(Cc3cccnc3)C(=O)C3CCOCC3)sc2c1. The van der Waals surface area contributed by atoms with Crippen LogP contribution >= 0.6 is 11.3 Å². The van der Waals surface area contributed by atoms with Crippen LogP contribution in [0.2, 0.25) is 0 Å². The van der Waals surface area contributed by atoms with Gasteiger partial charge in [-0.25, -0.2) is 4.98 Å². The lowest BCUT2D eigenvalue weighted by Crippen LogP contribution is -2.38. The Morgan fingerprint density at radius 3 is 2.85 bits per heavy atom. The van der Waals surface area contributed by atoms with Crippen molar-refractivity contribution in [3.63, 3.8) is 0 Å². The molecule has 0 radical (unpaired) electrons. The number of carbonyl (C=O) groups is 1. The van der Waals surface area contributed by atoms with E-state index in [0.717, 1.165) is 40.2 Å². The topological polar surface area (TPSA) is 55.3 Å². The quantitative estimate of drug-likeness (QED) is 0.664. The van der Waals surface area contributed by atoms with Crippen LogP contribution in [0, 0.1) is 5.92 Å². The number of thiazole rings is 1. The molecule has 3 heterocycles. The Balaban J connectivity index is 1.69. The Morgan fingerprint density at radius 2 is 2.11 bits per heavy atom. The van der Waals surface area contributed by atoms with Crippen LogP contribution in [0.15, 0.2) is 42.7 Å². The van der Waals surface area contributed by atoms with Gasteiger partial charge in [0.1, 0.15) is 0 Å². The van der Waals surface area contributed by atoms with Gasteiger partial charge in [-0.3, -0.25) is 14.7 Å². The van der Waals surface area contributed by atoms with E-state index in [9.17, 15) is 4.79 Å². The van der Waals surface area contributed by atoms with E-state index in [4.69, 9.17) is 9.72 Å². The van der Waals surface area contributed by atoms with Crippen LogP contribution in [0.4, 0.5) is 5.13 Å². The van der Waals surface area contributed by atoms with Gasteiger partial charge in [-0.2, -0.15) is 0 Å². The van der Waals surface area contributed by atoms with Gasteiger partial charge in [0.15, 0.2) is 5.13 Å². The zero-order valence-electron chi connectivity index (χ0n) is 15.4. The number of anilines is 1. The smallest absolute Gasteiger partial charge is 0.232 e. The maximum absolute atomic E-state index is 13.3. The van der Waals surface area contributed by atoms with Crippen LogP contribution in [-0.2, 0) is 22.5 Å². The lowest BCUT2D eigenvalue weighted by atomic mass is 9.98. The molecule has 0 bridgehead atoms. The predicted molar refractivity (Wildman–Crippen MR) is 108 cm³/mol. The van der Waals surface area contributed by atoms with E-state index in [1.807, 2.05) is 23.2 Å². The predicted octanol–water partition coefficient (Wildman–Crippen LogP) is 4.21. The highest BCUT2D eigenvalue weighted by Crippen LogP contribution is 2.32. The van der Waals surface area contributed by atoms with Gasteiger partial charge in [-0.05, 0) is 48.6 Å². The van der Waals surface area contributed by atoms with Crippen LogP contribution in [-0.4, -0.2) is 29.1 Å². The fourth-order valence-corrected chi connectivity index (χ4v) is 4.41. The minimum Gasteiger partial charge on any atom is -0.381 e. The molecule has 0 unspecified atom stereocenters. The molecule has 0 N–H and O–H groups in total. The largest absolute Gasteiger partial charge is 0.381 e. The third-order valence-electron chi connectivity index (χ3n) is 4.98. The van der Waals surface area contributed by atoms with Crippen molar-refractivity contribution >= 4 is 32.6 Å². The van der Waals surface area contributed by atoms with Gasteiger partial charge in [-0.1, -0.05) is 30.4 Å².